The van der Waals surface area contributed by atoms with Gasteiger partial charge in [0.2, 0.25) is 11.8 Å². The molecule has 0 aromatic heterocycles. The molecule has 0 radical (unpaired) electrons. The van der Waals surface area contributed by atoms with Gasteiger partial charge >= 0.3 is 5.97 Å². The molecule has 0 aromatic carbocycles. The minimum atomic E-state index is -1.21. The summed E-state index contributed by atoms with van der Waals surface area (Å²) in [6.45, 7) is 0.273. The number of guanidine groups is 1. The number of rotatable bonds is 13. The zero-order chi connectivity index (χ0) is 20.1. The zero-order valence-electron chi connectivity index (χ0n) is 14.7. The van der Waals surface area contributed by atoms with Crippen LogP contribution in [0.15, 0.2) is 4.99 Å². The average molecular weight is 409 g/mol. The van der Waals surface area contributed by atoms with Gasteiger partial charge in [-0.15, -0.1) is 0 Å². The fourth-order valence-electron chi connectivity index (χ4n) is 1.88. The van der Waals surface area contributed by atoms with Gasteiger partial charge in [-0.3, -0.25) is 14.6 Å². The Morgan fingerprint density at radius 1 is 1.15 bits per heavy atom. The maximum Gasteiger partial charge on any atom is 0.327 e. The van der Waals surface area contributed by atoms with Crippen LogP contribution in [0.3, 0.4) is 0 Å². The van der Waals surface area contributed by atoms with Crippen molar-refractivity contribution in [3.05, 3.63) is 0 Å². The third-order valence-electron chi connectivity index (χ3n) is 3.35. The van der Waals surface area contributed by atoms with Gasteiger partial charge in [-0.2, -0.15) is 24.4 Å². The molecule has 0 saturated carbocycles. The second-order valence-electron chi connectivity index (χ2n) is 5.48. The fourth-order valence-corrected chi connectivity index (χ4v) is 2.62. The van der Waals surface area contributed by atoms with Crippen molar-refractivity contribution in [3.8, 4) is 0 Å². The highest BCUT2D eigenvalue weighted by Crippen LogP contribution is 2.03. The molecule has 150 valence electrons. The quantitative estimate of drug-likeness (QED) is 0.0797. The molecule has 12 heteroatoms. The number of carboxylic acids is 1. The minimum Gasteiger partial charge on any atom is -0.480 e. The van der Waals surface area contributed by atoms with Gasteiger partial charge in [-0.25, -0.2) is 4.79 Å². The number of hydrogen-bond donors (Lipinski definition) is 7. The number of carboxylic acid groups (broad SMARTS) is 1. The molecule has 0 rings (SSSR count). The summed E-state index contributed by atoms with van der Waals surface area (Å²) in [6.07, 6.45) is 3.00. The molecule has 0 heterocycles. The Bertz CT molecular complexity index is 502. The Hall–Kier alpha value is -1.66. The van der Waals surface area contributed by atoms with Crippen molar-refractivity contribution in [3.63, 3.8) is 0 Å². The number of aliphatic carboxylic acids is 1. The highest BCUT2D eigenvalue weighted by atomic mass is 32.2. The van der Waals surface area contributed by atoms with Crippen LogP contribution in [0, 0.1) is 0 Å². The molecular weight excluding hydrogens is 380 g/mol. The zero-order valence-corrected chi connectivity index (χ0v) is 16.4. The van der Waals surface area contributed by atoms with Crippen molar-refractivity contribution in [2.24, 2.45) is 22.2 Å². The summed E-state index contributed by atoms with van der Waals surface area (Å²) in [7, 11) is 0. The van der Waals surface area contributed by atoms with E-state index in [1.54, 1.807) is 11.8 Å². The second-order valence-corrected chi connectivity index (χ2v) is 6.83. The summed E-state index contributed by atoms with van der Waals surface area (Å²) in [4.78, 5) is 39.4. The van der Waals surface area contributed by atoms with Gasteiger partial charge in [0, 0.05) is 12.3 Å². The van der Waals surface area contributed by atoms with Crippen molar-refractivity contribution in [2.75, 3.05) is 24.3 Å². The normalized spacial score (nSPS) is 14.0. The Morgan fingerprint density at radius 3 is 2.27 bits per heavy atom. The molecule has 9 N–H and O–H groups in total. The topological polar surface area (TPSA) is 186 Å². The Kier molecular flexibility index (Phi) is 12.7. The largest absolute Gasteiger partial charge is 0.480 e. The Morgan fingerprint density at radius 2 is 1.77 bits per heavy atom. The highest BCUT2D eigenvalue weighted by Gasteiger charge is 2.27. The standard InChI is InChI=1S/C14H28N6O4S2/c1-26-6-4-8(15)11(21)19-9(3-2-5-18-14(16)17)12(22)20-10(7-25)13(23)24/h8-10,25H,2-7,15H2,1H3,(H,19,21)(H,20,22)(H,23,24)(H4,16,17,18)/t8-,9-,10-/m0/s1. The first-order chi connectivity index (χ1) is 12.2. The number of nitrogens with zero attached hydrogens (tertiary/aromatic N) is 1. The third-order valence-corrected chi connectivity index (χ3v) is 4.35. The average Bonchev–Trinajstić information content (AvgIpc) is 2.58. The van der Waals surface area contributed by atoms with E-state index in [-0.39, 0.29) is 24.7 Å². The molecule has 0 aliphatic carbocycles. The molecule has 10 nitrogen and oxygen atoms in total. The monoisotopic (exact) mass is 408 g/mol. The van der Waals surface area contributed by atoms with Crippen LogP contribution in [0.25, 0.3) is 0 Å². The summed E-state index contributed by atoms with van der Waals surface area (Å²) in [5.41, 5.74) is 16.3. The summed E-state index contributed by atoms with van der Waals surface area (Å²) in [5.74, 6) is -1.76. The van der Waals surface area contributed by atoms with Crippen LogP contribution in [0.5, 0.6) is 0 Å². The van der Waals surface area contributed by atoms with Gasteiger partial charge in [0.25, 0.3) is 0 Å². The molecule has 0 saturated heterocycles. The van der Waals surface area contributed by atoms with Crippen molar-refractivity contribution in [2.45, 2.75) is 37.4 Å². The molecule has 0 aliphatic rings. The predicted molar refractivity (Wildman–Crippen MR) is 106 cm³/mol. The van der Waals surface area contributed by atoms with Gasteiger partial charge in [-0.1, -0.05) is 0 Å². The van der Waals surface area contributed by atoms with E-state index < -0.39 is 35.9 Å². The van der Waals surface area contributed by atoms with E-state index in [2.05, 4.69) is 28.3 Å². The summed E-state index contributed by atoms with van der Waals surface area (Å²) < 4.78 is 0. The number of nitrogens with one attached hydrogen (secondary N) is 2. The molecule has 3 atom stereocenters. The van der Waals surface area contributed by atoms with Crippen LogP contribution in [-0.4, -0.2) is 71.3 Å². The van der Waals surface area contributed by atoms with Gasteiger partial charge in [-0.05, 0) is 31.3 Å². The van der Waals surface area contributed by atoms with E-state index in [1.807, 2.05) is 6.26 Å². The van der Waals surface area contributed by atoms with E-state index >= 15 is 0 Å². The number of aliphatic imine (C=N–C) groups is 1. The predicted octanol–water partition coefficient (Wildman–Crippen LogP) is -1.90. The van der Waals surface area contributed by atoms with Crippen LogP contribution < -0.4 is 27.8 Å². The number of thiol groups is 1. The molecule has 26 heavy (non-hydrogen) atoms. The number of carbonyl (C=O) groups is 3. The van der Waals surface area contributed by atoms with Crippen molar-refractivity contribution in [1.29, 1.82) is 0 Å². The van der Waals surface area contributed by atoms with Crippen molar-refractivity contribution < 1.29 is 19.5 Å². The van der Waals surface area contributed by atoms with Crippen molar-refractivity contribution >= 4 is 48.1 Å². The SMILES string of the molecule is CSCC[C@H](N)C(=O)N[C@@H](CCCN=C(N)N)C(=O)N[C@@H](CS)C(=O)O. The summed E-state index contributed by atoms with van der Waals surface area (Å²) >= 11 is 5.45. The van der Waals surface area contributed by atoms with Crippen LogP contribution in [-0.2, 0) is 14.4 Å². The maximum absolute atomic E-state index is 12.4. The van der Waals surface area contributed by atoms with Gasteiger partial charge in [0.15, 0.2) is 5.96 Å². The molecule has 0 unspecified atom stereocenters. The van der Waals surface area contributed by atoms with E-state index in [4.69, 9.17) is 22.3 Å². The summed E-state index contributed by atoms with van der Waals surface area (Å²) in [5, 5.41) is 13.9. The number of nitrogens with two attached hydrogens (primary N) is 3. The first-order valence-electron chi connectivity index (χ1n) is 7.97. The number of amides is 2. The van der Waals surface area contributed by atoms with Crippen LogP contribution in [0.1, 0.15) is 19.3 Å². The second kappa shape index (κ2) is 13.5. The van der Waals surface area contributed by atoms with Crippen LogP contribution in [0.2, 0.25) is 0 Å². The molecular formula is C14H28N6O4S2. The molecule has 0 aromatic rings. The number of hydrogen-bond acceptors (Lipinski definition) is 7. The third kappa shape index (κ3) is 10.4. The van der Waals surface area contributed by atoms with E-state index in [0.29, 0.717) is 18.6 Å². The molecule has 0 bridgehead atoms. The van der Waals surface area contributed by atoms with Crippen LogP contribution >= 0.6 is 24.4 Å². The van der Waals surface area contributed by atoms with Gasteiger partial charge < -0.3 is 32.9 Å². The van der Waals surface area contributed by atoms with E-state index in [9.17, 15) is 14.4 Å². The van der Waals surface area contributed by atoms with Gasteiger partial charge in [0.1, 0.15) is 12.1 Å². The minimum absolute atomic E-state index is 0.0739. The van der Waals surface area contributed by atoms with Crippen LogP contribution in [0.4, 0.5) is 0 Å². The highest BCUT2D eigenvalue weighted by molar-refractivity contribution is 7.98. The molecule has 0 aliphatic heterocycles. The van der Waals surface area contributed by atoms with E-state index in [1.165, 1.54) is 0 Å². The van der Waals surface area contributed by atoms with Gasteiger partial charge in [0.05, 0.1) is 6.04 Å². The smallest absolute Gasteiger partial charge is 0.327 e. The number of carbonyl (C=O) groups excluding carboxylic acids is 2. The first-order valence-corrected chi connectivity index (χ1v) is 9.99. The Balaban J connectivity index is 4.91. The molecule has 0 spiro atoms. The Labute approximate surface area is 162 Å². The molecule has 2 amide bonds. The lowest BCUT2D eigenvalue weighted by atomic mass is 10.1. The number of thioether (sulfide) groups is 1. The first kappa shape index (κ1) is 24.3. The lowest BCUT2D eigenvalue weighted by Crippen LogP contribution is -2.54. The van der Waals surface area contributed by atoms with E-state index in [0.717, 1.165) is 0 Å². The van der Waals surface area contributed by atoms with Crippen molar-refractivity contribution in [1.82, 2.24) is 10.6 Å². The lowest BCUT2D eigenvalue weighted by Gasteiger charge is -2.22. The summed E-state index contributed by atoms with van der Waals surface area (Å²) in [6, 6.07) is -2.86. The maximum atomic E-state index is 12.4. The lowest BCUT2D eigenvalue weighted by molar-refractivity contribution is -0.141. The molecule has 0 fully saturated rings. The fraction of sp³-hybridized carbons (Fsp3) is 0.714.